The Morgan fingerprint density at radius 3 is 2.44 bits per heavy atom. The average Bonchev–Trinajstić information content (AvgIpc) is 3.32. The van der Waals surface area contributed by atoms with E-state index < -0.39 is 27.3 Å². The second-order valence-electron chi connectivity index (χ2n) is 7.59. The van der Waals surface area contributed by atoms with Crippen molar-refractivity contribution in [2.75, 3.05) is 0 Å². The van der Waals surface area contributed by atoms with Crippen LogP contribution in [0.2, 0.25) is 0 Å². The van der Waals surface area contributed by atoms with E-state index in [0.29, 0.717) is 22.2 Å². The number of halogens is 3. The van der Waals surface area contributed by atoms with E-state index >= 15 is 0 Å². The van der Waals surface area contributed by atoms with Crippen LogP contribution in [-0.4, -0.2) is 33.0 Å². The maximum atomic E-state index is 13.4. The summed E-state index contributed by atoms with van der Waals surface area (Å²) in [7, 11) is -2.31. The molecule has 0 amide bonds. The lowest BCUT2D eigenvalue weighted by Crippen LogP contribution is -2.16. The molecule has 3 aromatic heterocycles. The van der Waals surface area contributed by atoms with Gasteiger partial charge in [-0.15, -0.1) is 0 Å². The molecule has 0 radical (unpaired) electrons. The monoisotopic (exact) mass is 488 g/mol. The summed E-state index contributed by atoms with van der Waals surface area (Å²) in [5.41, 5.74) is -0.317. The number of nitrogens with one attached hydrogen (secondary N) is 1. The fourth-order valence-electron chi connectivity index (χ4n) is 3.77. The number of H-pyrrole nitrogens is 1. The molecule has 2 aromatic carbocycles. The molecule has 0 aliphatic carbocycles. The molecule has 0 unspecified atom stereocenters. The number of alkyl halides is 3. The number of pyridine rings is 1. The Morgan fingerprint density at radius 2 is 1.79 bits per heavy atom. The predicted octanol–water partition coefficient (Wildman–Crippen LogP) is 2.93. The number of nitrogens with zero attached hydrogens (tertiary/aromatic N) is 4. The van der Waals surface area contributed by atoms with Crippen molar-refractivity contribution in [2.24, 2.45) is 12.2 Å². The third kappa shape index (κ3) is 3.45. The summed E-state index contributed by atoms with van der Waals surface area (Å²) in [5.74, 6) is 0. The Morgan fingerprint density at radius 1 is 1.09 bits per heavy atom. The van der Waals surface area contributed by atoms with Crippen LogP contribution in [0.4, 0.5) is 13.2 Å². The first-order chi connectivity index (χ1) is 15.9. The van der Waals surface area contributed by atoms with Gasteiger partial charge < -0.3 is 0 Å². The minimum atomic E-state index is -4.57. The van der Waals surface area contributed by atoms with Crippen molar-refractivity contribution in [2.45, 2.75) is 11.1 Å². The van der Waals surface area contributed by atoms with Crippen molar-refractivity contribution in [1.82, 2.24) is 24.5 Å². The Hall–Kier alpha value is -3.97. The standard InChI is InChI=1S/C21H15F3N6O3S/c1-29-19-15(10-26-29)18-16(17(27-19)11-3-2-4-12(9-11)21(22,23)24)20(31)30(28-18)13-5-7-14(8-6-13)34(25,32)33/h2-10,28H,1H3,(H2,25,32,33). The van der Waals surface area contributed by atoms with Crippen molar-refractivity contribution in [3.05, 3.63) is 70.6 Å². The highest BCUT2D eigenvalue weighted by Gasteiger charge is 2.31. The lowest BCUT2D eigenvalue weighted by molar-refractivity contribution is -0.137. The summed E-state index contributed by atoms with van der Waals surface area (Å²) in [6.07, 6.45) is -3.08. The Bertz CT molecular complexity index is 1750. The Balaban J connectivity index is 1.81. The number of aromatic nitrogens is 5. The summed E-state index contributed by atoms with van der Waals surface area (Å²) in [5, 5.41) is 12.8. The van der Waals surface area contributed by atoms with Crippen LogP contribution in [0.5, 0.6) is 0 Å². The molecule has 0 saturated carbocycles. The molecular formula is C21H15F3N6O3S. The molecule has 34 heavy (non-hydrogen) atoms. The third-order valence-electron chi connectivity index (χ3n) is 5.41. The SMILES string of the molecule is Cn1ncc2c3[nH]n(-c4ccc(S(N)(=O)=O)cc4)c(=O)c3c(-c3cccc(C(F)(F)F)c3)nc21. The fourth-order valence-corrected chi connectivity index (χ4v) is 4.29. The van der Waals surface area contributed by atoms with E-state index in [2.05, 4.69) is 15.2 Å². The molecule has 5 rings (SSSR count). The quantitative estimate of drug-likeness (QED) is 0.404. The highest BCUT2D eigenvalue weighted by Crippen LogP contribution is 2.34. The number of aromatic amines is 1. The van der Waals surface area contributed by atoms with Crippen LogP contribution < -0.4 is 10.7 Å². The zero-order valence-corrected chi connectivity index (χ0v) is 18.1. The van der Waals surface area contributed by atoms with E-state index in [0.717, 1.165) is 16.8 Å². The molecule has 3 heterocycles. The lowest BCUT2D eigenvalue weighted by Gasteiger charge is -2.09. The molecule has 0 spiro atoms. The summed E-state index contributed by atoms with van der Waals surface area (Å²) < 4.78 is 65.7. The molecule has 13 heteroatoms. The van der Waals surface area contributed by atoms with Gasteiger partial charge in [-0.1, -0.05) is 12.1 Å². The minimum Gasteiger partial charge on any atom is -0.289 e. The maximum Gasteiger partial charge on any atom is 0.416 e. The summed E-state index contributed by atoms with van der Waals surface area (Å²) in [6.45, 7) is 0. The predicted molar refractivity (Wildman–Crippen MR) is 118 cm³/mol. The van der Waals surface area contributed by atoms with Gasteiger partial charge in [0.2, 0.25) is 10.0 Å². The first-order valence-corrected chi connectivity index (χ1v) is 11.3. The van der Waals surface area contributed by atoms with E-state index in [1.807, 2.05) is 0 Å². The molecule has 0 bridgehead atoms. The van der Waals surface area contributed by atoms with E-state index in [9.17, 15) is 26.4 Å². The number of hydrogen-bond acceptors (Lipinski definition) is 5. The highest BCUT2D eigenvalue weighted by molar-refractivity contribution is 7.89. The van der Waals surface area contributed by atoms with Gasteiger partial charge in [-0.2, -0.15) is 18.3 Å². The van der Waals surface area contributed by atoms with Crippen molar-refractivity contribution in [1.29, 1.82) is 0 Å². The van der Waals surface area contributed by atoms with Crippen molar-refractivity contribution in [3.63, 3.8) is 0 Å². The van der Waals surface area contributed by atoms with Gasteiger partial charge in [0, 0.05) is 12.6 Å². The van der Waals surface area contributed by atoms with Crippen molar-refractivity contribution in [3.8, 4) is 16.9 Å². The molecule has 0 fully saturated rings. The summed E-state index contributed by atoms with van der Waals surface area (Å²) in [4.78, 5) is 17.8. The van der Waals surface area contributed by atoms with Gasteiger partial charge in [0.1, 0.15) is 0 Å². The number of primary sulfonamides is 1. The topological polar surface area (TPSA) is 129 Å². The smallest absolute Gasteiger partial charge is 0.289 e. The molecule has 0 saturated heterocycles. The van der Waals surface area contributed by atoms with Crippen LogP contribution in [0.1, 0.15) is 5.56 Å². The molecule has 0 aliphatic rings. The third-order valence-corrected chi connectivity index (χ3v) is 6.34. The molecule has 0 aliphatic heterocycles. The number of aryl methyl sites for hydroxylation is 1. The number of nitrogens with two attached hydrogens (primary N) is 1. The number of fused-ring (bicyclic) bond motifs is 3. The molecule has 3 N–H and O–H groups in total. The number of rotatable bonds is 3. The van der Waals surface area contributed by atoms with E-state index in [4.69, 9.17) is 5.14 Å². The van der Waals surface area contributed by atoms with Gasteiger partial charge in [-0.25, -0.2) is 23.2 Å². The van der Waals surface area contributed by atoms with Crippen LogP contribution in [0.25, 0.3) is 38.9 Å². The van der Waals surface area contributed by atoms with Crippen LogP contribution >= 0.6 is 0 Å². The van der Waals surface area contributed by atoms with Gasteiger partial charge in [0.15, 0.2) is 5.65 Å². The summed E-state index contributed by atoms with van der Waals surface area (Å²) >= 11 is 0. The molecule has 5 aromatic rings. The first kappa shape index (κ1) is 21.9. The lowest BCUT2D eigenvalue weighted by atomic mass is 10.0. The van der Waals surface area contributed by atoms with Gasteiger partial charge in [-0.3, -0.25) is 14.6 Å². The van der Waals surface area contributed by atoms with E-state index in [-0.39, 0.29) is 21.5 Å². The van der Waals surface area contributed by atoms with Crippen LogP contribution in [0, 0.1) is 0 Å². The van der Waals surface area contributed by atoms with Gasteiger partial charge >= 0.3 is 6.18 Å². The average molecular weight is 488 g/mol. The molecule has 9 nitrogen and oxygen atoms in total. The maximum absolute atomic E-state index is 13.4. The Kier molecular flexibility index (Phi) is 4.67. The van der Waals surface area contributed by atoms with Gasteiger partial charge in [-0.05, 0) is 36.4 Å². The highest BCUT2D eigenvalue weighted by atomic mass is 32.2. The second-order valence-corrected chi connectivity index (χ2v) is 9.15. The van der Waals surface area contributed by atoms with Crippen LogP contribution in [-0.2, 0) is 23.2 Å². The van der Waals surface area contributed by atoms with E-state index in [1.54, 1.807) is 7.05 Å². The van der Waals surface area contributed by atoms with Crippen molar-refractivity contribution < 1.29 is 21.6 Å². The Labute approximate surface area is 189 Å². The van der Waals surface area contributed by atoms with Crippen molar-refractivity contribution >= 4 is 32.0 Å². The minimum absolute atomic E-state index is 0.0540. The normalized spacial score (nSPS) is 12.6. The number of sulfonamides is 1. The number of hydrogen-bond donors (Lipinski definition) is 2. The zero-order valence-electron chi connectivity index (χ0n) is 17.3. The van der Waals surface area contributed by atoms with Gasteiger partial charge in [0.25, 0.3) is 5.56 Å². The zero-order chi connectivity index (χ0) is 24.4. The molecular weight excluding hydrogens is 473 g/mol. The fraction of sp³-hybridized carbons (Fsp3) is 0.0952. The van der Waals surface area contributed by atoms with Crippen LogP contribution in [0.3, 0.4) is 0 Å². The number of benzene rings is 2. The molecule has 0 atom stereocenters. The summed E-state index contributed by atoms with van der Waals surface area (Å²) in [6, 6.07) is 9.81. The van der Waals surface area contributed by atoms with Crippen LogP contribution in [0.15, 0.2) is 64.4 Å². The first-order valence-electron chi connectivity index (χ1n) is 9.72. The molecule has 174 valence electrons. The largest absolute Gasteiger partial charge is 0.416 e. The second kappa shape index (κ2) is 7.27. The van der Waals surface area contributed by atoms with Gasteiger partial charge in [0.05, 0.1) is 44.3 Å². The van der Waals surface area contributed by atoms with E-state index in [1.165, 1.54) is 47.3 Å².